The number of rotatable bonds is 8. The lowest BCUT2D eigenvalue weighted by Crippen LogP contribution is -2.47. The van der Waals surface area contributed by atoms with Crippen molar-refractivity contribution >= 4 is 23.8 Å². The highest BCUT2D eigenvalue weighted by Crippen LogP contribution is 2.59. The van der Waals surface area contributed by atoms with Crippen LogP contribution in [0, 0.1) is 5.41 Å². The lowest BCUT2D eigenvalue weighted by atomic mass is 9.76. The highest BCUT2D eigenvalue weighted by molar-refractivity contribution is 5.85. The van der Waals surface area contributed by atoms with Crippen LogP contribution in [0.1, 0.15) is 89.5 Å². The van der Waals surface area contributed by atoms with Crippen LogP contribution in [0.5, 0.6) is 0 Å². The number of benzene rings is 1. The van der Waals surface area contributed by atoms with Crippen molar-refractivity contribution in [2.75, 3.05) is 62.2 Å². The maximum atomic E-state index is 5.91. The average Bonchev–Trinajstić information content (AvgIpc) is 3.62. The second-order valence-corrected chi connectivity index (χ2v) is 11.3. The molecular formula is C29H48ClN3O. The number of nitrogens with zero attached hydrogens (tertiary/aromatic N) is 3. The largest absolute Gasteiger partial charge is 0.378 e. The number of hydrogen-bond donors (Lipinski definition) is 0. The first kappa shape index (κ1) is 26.1. The summed E-state index contributed by atoms with van der Waals surface area (Å²) in [5, 5.41) is 0. The molecule has 1 aromatic carbocycles. The van der Waals surface area contributed by atoms with Crippen molar-refractivity contribution in [2.45, 2.75) is 90.1 Å². The third kappa shape index (κ3) is 6.05. The molecule has 4 fully saturated rings. The first-order valence-electron chi connectivity index (χ1n) is 14.2. The summed E-state index contributed by atoms with van der Waals surface area (Å²) in [4.78, 5) is 8.01. The molecule has 1 aromatic rings. The van der Waals surface area contributed by atoms with Gasteiger partial charge in [0.1, 0.15) is 0 Å². The Kier molecular flexibility index (Phi) is 9.09. The quantitative estimate of drug-likeness (QED) is 0.416. The SMILES string of the molecule is CCCCN1CCN(c2ccc(N3CCC(OCC)CC3)cc2C2CCC3(CC2)CC3)CC1.Cl. The van der Waals surface area contributed by atoms with E-state index in [0.29, 0.717) is 6.10 Å². The fourth-order valence-electron chi connectivity index (χ4n) is 6.68. The van der Waals surface area contributed by atoms with Gasteiger partial charge >= 0.3 is 0 Å². The molecule has 4 nitrogen and oxygen atoms in total. The molecule has 5 rings (SSSR count). The van der Waals surface area contributed by atoms with Crippen molar-refractivity contribution in [2.24, 2.45) is 5.41 Å². The Bertz CT molecular complexity index is 757. The molecule has 2 saturated heterocycles. The molecule has 0 amide bonds. The molecular weight excluding hydrogens is 442 g/mol. The van der Waals surface area contributed by atoms with E-state index in [9.17, 15) is 0 Å². The number of piperidine rings is 1. The van der Waals surface area contributed by atoms with Gasteiger partial charge in [0.15, 0.2) is 0 Å². The number of piperazine rings is 1. The van der Waals surface area contributed by atoms with Crippen molar-refractivity contribution in [3.63, 3.8) is 0 Å². The first-order chi connectivity index (χ1) is 16.2. The van der Waals surface area contributed by atoms with Crippen LogP contribution in [0.3, 0.4) is 0 Å². The molecule has 4 aliphatic rings. The molecule has 1 spiro atoms. The van der Waals surface area contributed by atoms with Crippen LogP contribution in [-0.4, -0.2) is 63.4 Å². The molecule has 0 aromatic heterocycles. The Balaban J connectivity index is 0.00000274. The van der Waals surface area contributed by atoms with Gasteiger partial charge in [0, 0.05) is 57.3 Å². The van der Waals surface area contributed by atoms with Gasteiger partial charge in [-0.3, -0.25) is 4.90 Å². The molecule has 5 heteroatoms. The van der Waals surface area contributed by atoms with Crippen LogP contribution >= 0.6 is 12.4 Å². The van der Waals surface area contributed by atoms with Crippen LogP contribution in [-0.2, 0) is 4.74 Å². The van der Waals surface area contributed by atoms with Crippen LogP contribution in [0.2, 0.25) is 0 Å². The molecule has 2 heterocycles. The van der Waals surface area contributed by atoms with Gasteiger partial charge in [-0.1, -0.05) is 13.3 Å². The third-order valence-corrected chi connectivity index (χ3v) is 9.20. The minimum atomic E-state index is 0. The van der Waals surface area contributed by atoms with Gasteiger partial charge < -0.3 is 14.5 Å². The number of ether oxygens (including phenoxy) is 1. The Labute approximate surface area is 214 Å². The zero-order chi connectivity index (χ0) is 22.7. The fraction of sp³-hybridized carbons (Fsp3) is 0.793. The van der Waals surface area contributed by atoms with Gasteiger partial charge in [-0.15, -0.1) is 12.4 Å². The molecule has 0 unspecified atom stereocenters. The van der Waals surface area contributed by atoms with Crippen LogP contribution < -0.4 is 9.80 Å². The van der Waals surface area contributed by atoms with E-state index < -0.39 is 0 Å². The lowest BCUT2D eigenvalue weighted by Gasteiger charge is -2.40. The molecule has 2 saturated carbocycles. The summed E-state index contributed by atoms with van der Waals surface area (Å²) in [6.07, 6.45) is 14.2. The first-order valence-corrected chi connectivity index (χ1v) is 14.2. The smallest absolute Gasteiger partial charge is 0.0608 e. The zero-order valence-electron chi connectivity index (χ0n) is 21.8. The van der Waals surface area contributed by atoms with E-state index >= 15 is 0 Å². The summed E-state index contributed by atoms with van der Waals surface area (Å²) in [7, 11) is 0. The summed E-state index contributed by atoms with van der Waals surface area (Å²) in [6, 6.07) is 7.52. The van der Waals surface area contributed by atoms with Crippen LogP contribution in [0.4, 0.5) is 11.4 Å². The summed E-state index contributed by atoms with van der Waals surface area (Å²) in [5.41, 5.74) is 5.43. The van der Waals surface area contributed by atoms with E-state index in [2.05, 4.69) is 46.7 Å². The van der Waals surface area contributed by atoms with Crippen molar-refractivity contribution in [1.82, 2.24) is 4.90 Å². The van der Waals surface area contributed by atoms with E-state index in [-0.39, 0.29) is 12.4 Å². The van der Waals surface area contributed by atoms with Gasteiger partial charge in [-0.2, -0.15) is 0 Å². The number of unbranched alkanes of at least 4 members (excludes halogenated alkanes) is 1. The van der Waals surface area contributed by atoms with E-state index in [1.165, 1.54) is 89.8 Å². The van der Waals surface area contributed by atoms with Gasteiger partial charge in [-0.05, 0) is 106 Å². The second kappa shape index (κ2) is 11.8. The molecule has 192 valence electrons. The minimum absolute atomic E-state index is 0. The van der Waals surface area contributed by atoms with E-state index in [1.54, 1.807) is 11.3 Å². The molecule has 2 aliphatic heterocycles. The lowest BCUT2D eigenvalue weighted by molar-refractivity contribution is 0.0459. The summed E-state index contributed by atoms with van der Waals surface area (Å²) in [5.74, 6) is 0.755. The Morgan fingerprint density at radius 2 is 1.56 bits per heavy atom. The van der Waals surface area contributed by atoms with Gasteiger partial charge in [0.2, 0.25) is 0 Å². The van der Waals surface area contributed by atoms with Crippen molar-refractivity contribution in [3.05, 3.63) is 23.8 Å². The van der Waals surface area contributed by atoms with Gasteiger partial charge in [-0.25, -0.2) is 0 Å². The summed E-state index contributed by atoms with van der Waals surface area (Å²) >= 11 is 0. The van der Waals surface area contributed by atoms with E-state index in [1.807, 2.05) is 0 Å². The normalized spacial score (nSPS) is 23.8. The Morgan fingerprint density at radius 1 is 0.853 bits per heavy atom. The van der Waals surface area contributed by atoms with Gasteiger partial charge in [0.25, 0.3) is 0 Å². The maximum Gasteiger partial charge on any atom is 0.0608 e. The van der Waals surface area contributed by atoms with Crippen molar-refractivity contribution < 1.29 is 4.74 Å². The summed E-state index contributed by atoms with van der Waals surface area (Å²) in [6.45, 7) is 13.6. The predicted molar refractivity (Wildman–Crippen MR) is 147 cm³/mol. The highest BCUT2D eigenvalue weighted by Gasteiger charge is 2.45. The van der Waals surface area contributed by atoms with Crippen molar-refractivity contribution in [1.29, 1.82) is 0 Å². The van der Waals surface area contributed by atoms with E-state index in [4.69, 9.17) is 4.74 Å². The molecule has 0 radical (unpaired) electrons. The maximum absolute atomic E-state index is 5.91. The average molecular weight is 490 g/mol. The Morgan fingerprint density at radius 3 is 2.18 bits per heavy atom. The molecule has 0 atom stereocenters. The second-order valence-electron chi connectivity index (χ2n) is 11.3. The van der Waals surface area contributed by atoms with Gasteiger partial charge in [0.05, 0.1) is 6.10 Å². The fourth-order valence-corrected chi connectivity index (χ4v) is 6.68. The number of halogens is 1. The van der Waals surface area contributed by atoms with Crippen LogP contribution in [0.25, 0.3) is 0 Å². The number of anilines is 2. The third-order valence-electron chi connectivity index (χ3n) is 9.20. The Hall–Kier alpha value is -0.970. The number of hydrogen-bond acceptors (Lipinski definition) is 4. The molecule has 0 bridgehead atoms. The van der Waals surface area contributed by atoms with E-state index in [0.717, 1.165) is 43.9 Å². The van der Waals surface area contributed by atoms with Crippen molar-refractivity contribution in [3.8, 4) is 0 Å². The monoisotopic (exact) mass is 489 g/mol. The molecule has 0 N–H and O–H groups in total. The highest BCUT2D eigenvalue weighted by atomic mass is 35.5. The molecule has 34 heavy (non-hydrogen) atoms. The minimum Gasteiger partial charge on any atom is -0.378 e. The summed E-state index contributed by atoms with van der Waals surface area (Å²) < 4.78 is 5.91. The zero-order valence-corrected chi connectivity index (χ0v) is 22.6. The standard InChI is InChI=1S/C29H47N3O.ClH/c1-3-5-16-30-19-21-32(22-20-30)28-7-6-25(31-17-10-26(11-18-31)33-4-2)23-27(28)24-8-12-29(13-9-24)14-15-29;/h6-7,23-24,26H,3-5,8-22H2,1-2H3;1H. The van der Waals surface area contributed by atoms with Crippen LogP contribution in [0.15, 0.2) is 18.2 Å². The topological polar surface area (TPSA) is 19.0 Å². The molecule has 2 aliphatic carbocycles. The predicted octanol–water partition coefficient (Wildman–Crippen LogP) is 6.47.